The predicted molar refractivity (Wildman–Crippen MR) is 104 cm³/mol. The van der Waals surface area contributed by atoms with E-state index in [0.717, 1.165) is 5.75 Å². The number of carbonyl (C=O) groups is 1. The van der Waals surface area contributed by atoms with Gasteiger partial charge < -0.3 is 15.6 Å². The fraction of sp³-hybridized carbons (Fsp3) is 0.211. The number of carbonyl (C=O) groups excluding carboxylic acids is 1. The van der Waals surface area contributed by atoms with E-state index in [9.17, 15) is 9.18 Å². The van der Waals surface area contributed by atoms with Gasteiger partial charge in [0.1, 0.15) is 11.3 Å². The van der Waals surface area contributed by atoms with Crippen molar-refractivity contribution < 1.29 is 13.7 Å². The number of hydrogen-bond acceptors (Lipinski definition) is 6. The zero-order valence-electron chi connectivity index (χ0n) is 14.5. The molecule has 1 atom stereocenters. The minimum atomic E-state index is -0.765. The van der Waals surface area contributed by atoms with Gasteiger partial charge in [0.2, 0.25) is 5.76 Å². The van der Waals surface area contributed by atoms with Gasteiger partial charge >= 0.3 is 0 Å². The second-order valence-electron chi connectivity index (χ2n) is 6.50. The Kier molecular flexibility index (Phi) is 4.35. The van der Waals surface area contributed by atoms with E-state index < -0.39 is 11.4 Å². The highest BCUT2D eigenvalue weighted by molar-refractivity contribution is 8.13. The fourth-order valence-corrected chi connectivity index (χ4v) is 4.11. The number of anilines is 1. The molecule has 4 rings (SSSR count). The molecule has 1 aliphatic rings. The Balaban J connectivity index is 1.65. The third kappa shape index (κ3) is 3.28. The zero-order chi connectivity index (χ0) is 19.0. The van der Waals surface area contributed by atoms with Crippen molar-refractivity contribution in [3.63, 3.8) is 0 Å². The molecule has 1 aliphatic heterocycles. The van der Waals surface area contributed by atoms with Crippen molar-refractivity contribution in [2.45, 2.75) is 18.9 Å². The first-order chi connectivity index (χ1) is 13.0. The van der Waals surface area contributed by atoms with Crippen LogP contribution in [0.25, 0.3) is 10.9 Å². The molecule has 3 N–H and O–H groups in total. The topological polar surface area (TPSA) is 93.5 Å². The van der Waals surface area contributed by atoms with Crippen LogP contribution in [0.5, 0.6) is 0 Å². The Morgan fingerprint density at radius 3 is 2.96 bits per heavy atom. The maximum Gasteiger partial charge on any atom is 0.294 e. The molecule has 0 saturated heterocycles. The van der Waals surface area contributed by atoms with Crippen LogP contribution in [-0.2, 0) is 5.54 Å². The van der Waals surface area contributed by atoms with Crippen molar-refractivity contribution in [2.75, 3.05) is 11.1 Å². The van der Waals surface area contributed by atoms with Crippen LogP contribution in [-0.4, -0.2) is 22.0 Å². The second-order valence-corrected chi connectivity index (χ2v) is 7.62. The minimum Gasteiger partial charge on any atom is -0.379 e. The maximum absolute atomic E-state index is 14.5. The molecule has 3 aromatic rings. The highest BCUT2D eigenvalue weighted by Crippen LogP contribution is 2.37. The molecule has 6 nitrogen and oxygen atoms in total. The molecule has 2 heterocycles. The van der Waals surface area contributed by atoms with Crippen molar-refractivity contribution in [2.24, 2.45) is 10.7 Å². The molecule has 0 fully saturated rings. The molecule has 0 aliphatic carbocycles. The number of amides is 1. The Labute approximate surface area is 159 Å². The van der Waals surface area contributed by atoms with Gasteiger partial charge in [0.05, 0.1) is 10.9 Å². The van der Waals surface area contributed by atoms with Crippen molar-refractivity contribution in [3.8, 4) is 0 Å². The fourth-order valence-electron chi connectivity index (χ4n) is 3.14. The predicted octanol–water partition coefficient (Wildman–Crippen LogP) is 3.89. The van der Waals surface area contributed by atoms with Crippen molar-refractivity contribution in [3.05, 3.63) is 59.6 Å². The van der Waals surface area contributed by atoms with E-state index in [2.05, 4.69) is 15.5 Å². The van der Waals surface area contributed by atoms with Crippen LogP contribution in [0.2, 0.25) is 0 Å². The number of nitrogens with two attached hydrogens (primary N) is 1. The summed E-state index contributed by atoms with van der Waals surface area (Å²) in [6.45, 7) is 1.84. The van der Waals surface area contributed by atoms with Crippen molar-refractivity contribution in [1.29, 1.82) is 0 Å². The first-order valence-electron chi connectivity index (χ1n) is 8.40. The summed E-state index contributed by atoms with van der Waals surface area (Å²) >= 11 is 1.45. The smallest absolute Gasteiger partial charge is 0.294 e. The van der Waals surface area contributed by atoms with Gasteiger partial charge in [-0.25, -0.2) is 4.39 Å². The van der Waals surface area contributed by atoms with E-state index in [1.54, 1.807) is 24.3 Å². The number of halogens is 1. The lowest BCUT2D eigenvalue weighted by Crippen LogP contribution is -2.29. The molecular formula is C19H17FN4O2S. The zero-order valence-corrected chi connectivity index (χ0v) is 15.3. The third-order valence-electron chi connectivity index (χ3n) is 4.59. The van der Waals surface area contributed by atoms with E-state index in [4.69, 9.17) is 10.3 Å². The molecule has 0 spiro atoms. The van der Waals surface area contributed by atoms with Gasteiger partial charge in [-0.05, 0) is 43.7 Å². The number of benzene rings is 2. The first-order valence-corrected chi connectivity index (χ1v) is 9.39. The average molecular weight is 384 g/mol. The lowest BCUT2D eigenvalue weighted by atomic mass is 9.89. The number of fused-ring (bicyclic) bond motifs is 1. The molecule has 138 valence electrons. The molecule has 1 aromatic heterocycles. The summed E-state index contributed by atoms with van der Waals surface area (Å²) in [6, 6.07) is 11.6. The quantitative estimate of drug-likeness (QED) is 0.715. The summed E-state index contributed by atoms with van der Waals surface area (Å²) in [4.78, 5) is 17.0. The van der Waals surface area contributed by atoms with Crippen LogP contribution in [0, 0.1) is 5.82 Å². The van der Waals surface area contributed by atoms with Crippen LogP contribution in [0.4, 0.5) is 10.1 Å². The Hall–Kier alpha value is -2.87. The van der Waals surface area contributed by atoms with E-state index in [-0.39, 0.29) is 11.6 Å². The number of hydrogen-bond donors (Lipinski definition) is 2. The SMILES string of the molecule is CC1(c2cc(NC(=O)c3onc4ccccc34)ccc2F)CCSC(N)=N1. The van der Waals surface area contributed by atoms with Gasteiger partial charge in [-0.3, -0.25) is 9.79 Å². The standard InChI is InChI=1S/C19H17FN4O2S/c1-19(8-9-27-18(21)23-19)13-10-11(6-7-14(13)20)22-17(25)16-12-4-2-3-5-15(12)24-26-16/h2-7,10H,8-9H2,1H3,(H2,21,23)(H,22,25). The summed E-state index contributed by atoms with van der Waals surface area (Å²) in [5.41, 5.74) is 6.51. The molecule has 2 aromatic carbocycles. The largest absolute Gasteiger partial charge is 0.379 e. The highest BCUT2D eigenvalue weighted by atomic mass is 32.2. The number of nitrogens with zero attached hydrogens (tertiary/aromatic N) is 2. The summed E-state index contributed by atoms with van der Waals surface area (Å²) in [5, 5.41) is 7.68. The van der Waals surface area contributed by atoms with Crippen LogP contribution >= 0.6 is 11.8 Å². The minimum absolute atomic E-state index is 0.110. The number of aliphatic imine (C=N–C) groups is 1. The Morgan fingerprint density at radius 1 is 1.33 bits per heavy atom. The number of aromatic nitrogens is 1. The van der Waals surface area contributed by atoms with Gasteiger partial charge in [0.25, 0.3) is 5.91 Å². The van der Waals surface area contributed by atoms with E-state index in [1.807, 2.05) is 13.0 Å². The molecule has 27 heavy (non-hydrogen) atoms. The summed E-state index contributed by atoms with van der Waals surface area (Å²) in [7, 11) is 0. The van der Waals surface area contributed by atoms with Gasteiger partial charge in [-0.15, -0.1) is 0 Å². The Morgan fingerprint density at radius 2 is 2.15 bits per heavy atom. The number of amidine groups is 1. The molecule has 1 unspecified atom stereocenters. The van der Waals surface area contributed by atoms with Crippen molar-refractivity contribution in [1.82, 2.24) is 5.16 Å². The first kappa shape index (κ1) is 17.5. The molecule has 0 bridgehead atoms. The van der Waals surface area contributed by atoms with E-state index in [0.29, 0.717) is 33.7 Å². The van der Waals surface area contributed by atoms with Crippen LogP contribution < -0.4 is 11.1 Å². The van der Waals surface area contributed by atoms with Crippen LogP contribution in [0.3, 0.4) is 0 Å². The second kappa shape index (κ2) is 6.70. The highest BCUT2D eigenvalue weighted by Gasteiger charge is 2.32. The van der Waals surface area contributed by atoms with Gasteiger partial charge in [-0.1, -0.05) is 29.1 Å². The molecule has 0 saturated carbocycles. The van der Waals surface area contributed by atoms with Crippen LogP contribution in [0.15, 0.2) is 52.0 Å². The number of thioether (sulfide) groups is 1. The molecule has 8 heteroatoms. The monoisotopic (exact) mass is 384 g/mol. The maximum atomic E-state index is 14.5. The van der Waals surface area contributed by atoms with Crippen molar-refractivity contribution >= 4 is 39.4 Å². The van der Waals surface area contributed by atoms with E-state index >= 15 is 0 Å². The Bertz CT molecular complexity index is 1060. The summed E-state index contributed by atoms with van der Waals surface area (Å²) in [5.74, 6) is 0.0306. The summed E-state index contributed by atoms with van der Waals surface area (Å²) in [6.07, 6.45) is 0.652. The van der Waals surface area contributed by atoms with Gasteiger partial charge in [0.15, 0.2) is 5.17 Å². The average Bonchev–Trinajstić information content (AvgIpc) is 3.07. The third-order valence-corrected chi connectivity index (χ3v) is 5.39. The van der Waals surface area contributed by atoms with Gasteiger partial charge in [0, 0.05) is 17.0 Å². The molecule has 0 radical (unpaired) electrons. The normalized spacial score (nSPS) is 19.7. The molecule has 1 amide bonds. The molecular weight excluding hydrogens is 367 g/mol. The van der Waals surface area contributed by atoms with Gasteiger partial charge in [-0.2, -0.15) is 0 Å². The number of nitrogens with one attached hydrogen (secondary N) is 1. The van der Waals surface area contributed by atoms with E-state index in [1.165, 1.54) is 23.9 Å². The lowest BCUT2D eigenvalue weighted by Gasteiger charge is -2.30. The number of rotatable bonds is 3. The van der Waals surface area contributed by atoms with Crippen LogP contribution in [0.1, 0.15) is 29.5 Å². The lowest BCUT2D eigenvalue weighted by molar-refractivity contribution is 0.0990. The summed E-state index contributed by atoms with van der Waals surface area (Å²) < 4.78 is 19.7.